The Kier molecular flexibility index (Phi) is 4.78. The van der Waals surface area contributed by atoms with Gasteiger partial charge in [-0.15, -0.1) is 0 Å². The Morgan fingerprint density at radius 2 is 1.89 bits per heavy atom. The van der Waals surface area contributed by atoms with Crippen molar-refractivity contribution in [2.45, 2.75) is 38.5 Å². The summed E-state index contributed by atoms with van der Waals surface area (Å²) >= 11 is 0. The van der Waals surface area contributed by atoms with Gasteiger partial charge in [0.15, 0.2) is 0 Å². The molecule has 0 aromatic heterocycles. The molecule has 0 amide bonds. The molecule has 2 saturated carbocycles. The summed E-state index contributed by atoms with van der Waals surface area (Å²) in [7, 11) is 0. The van der Waals surface area contributed by atoms with E-state index in [1.807, 2.05) is 0 Å². The highest BCUT2D eigenvalue weighted by Gasteiger charge is 2.42. The first-order chi connectivity index (χ1) is 9.36. The van der Waals surface area contributed by atoms with Crippen LogP contribution in [0.1, 0.15) is 38.5 Å². The lowest BCUT2D eigenvalue weighted by atomic mass is 9.89. The van der Waals surface area contributed by atoms with E-state index in [2.05, 4.69) is 4.90 Å². The standard InChI is InChI=1S/C16H29NO2/c18-8-4-14-1-2-15-11-13(12-16(14)15)3-5-17-6-9-19-10-7-17/h13-16,18H,1-12H2. The molecule has 3 heteroatoms. The summed E-state index contributed by atoms with van der Waals surface area (Å²) in [6.45, 7) is 5.78. The number of morpholine rings is 1. The van der Waals surface area contributed by atoms with E-state index in [9.17, 15) is 0 Å². The molecule has 0 aromatic carbocycles. The molecule has 110 valence electrons. The van der Waals surface area contributed by atoms with Crippen molar-refractivity contribution in [2.75, 3.05) is 39.5 Å². The van der Waals surface area contributed by atoms with Crippen molar-refractivity contribution in [1.82, 2.24) is 4.90 Å². The minimum Gasteiger partial charge on any atom is -0.396 e. The molecular formula is C16H29NO2. The number of aliphatic hydroxyl groups excluding tert-OH is 1. The molecule has 1 saturated heterocycles. The predicted octanol–water partition coefficient (Wildman–Crippen LogP) is 2.14. The summed E-state index contributed by atoms with van der Waals surface area (Å²) in [5.41, 5.74) is 0. The van der Waals surface area contributed by atoms with Crippen molar-refractivity contribution in [3.63, 3.8) is 0 Å². The largest absolute Gasteiger partial charge is 0.396 e. The van der Waals surface area contributed by atoms with Crippen LogP contribution in [-0.4, -0.2) is 49.5 Å². The van der Waals surface area contributed by atoms with E-state index in [0.29, 0.717) is 6.61 Å². The highest BCUT2D eigenvalue weighted by Crippen LogP contribution is 2.51. The molecule has 0 bridgehead atoms. The summed E-state index contributed by atoms with van der Waals surface area (Å²) in [6.07, 6.45) is 8.17. The lowest BCUT2D eigenvalue weighted by molar-refractivity contribution is 0.0353. The van der Waals surface area contributed by atoms with Gasteiger partial charge < -0.3 is 9.84 Å². The number of fused-ring (bicyclic) bond motifs is 1. The summed E-state index contributed by atoms with van der Waals surface area (Å²) in [4.78, 5) is 2.57. The van der Waals surface area contributed by atoms with Crippen LogP contribution in [0.2, 0.25) is 0 Å². The van der Waals surface area contributed by atoms with Crippen molar-refractivity contribution in [2.24, 2.45) is 23.7 Å². The van der Waals surface area contributed by atoms with Crippen LogP contribution >= 0.6 is 0 Å². The zero-order chi connectivity index (χ0) is 13.1. The van der Waals surface area contributed by atoms with Crippen molar-refractivity contribution in [1.29, 1.82) is 0 Å². The smallest absolute Gasteiger partial charge is 0.0594 e. The van der Waals surface area contributed by atoms with Crippen LogP contribution < -0.4 is 0 Å². The number of ether oxygens (including phenoxy) is 1. The fraction of sp³-hybridized carbons (Fsp3) is 1.00. The van der Waals surface area contributed by atoms with Crippen molar-refractivity contribution < 1.29 is 9.84 Å². The Morgan fingerprint density at radius 1 is 1.05 bits per heavy atom. The molecule has 1 heterocycles. The third-order valence-electron chi connectivity index (χ3n) is 5.82. The fourth-order valence-electron chi connectivity index (χ4n) is 4.78. The molecule has 4 atom stereocenters. The van der Waals surface area contributed by atoms with E-state index in [1.165, 1.54) is 38.6 Å². The SMILES string of the molecule is OCCC1CCC2CC(CCN3CCOCC3)CC12. The Balaban J connectivity index is 1.42. The second-order valence-corrected chi connectivity index (χ2v) is 6.85. The lowest BCUT2D eigenvalue weighted by Crippen LogP contribution is -2.37. The van der Waals surface area contributed by atoms with Crippen LogP contribution in [0.15, 0.2) is 0 Å². The van der Waals surface area contributed by atoms with Crippen LogP contribution in [0.3, 0.4) is 0 Å². The maximum atomic E-state index is 9.17. The van der Waals surface area contributed by atoms with Gasteiger partial charge in [0.2, 0.25) is 0 Å². The van der Waals surface area contributed by atoms with Gasteiger partial charge in [-0.3, -0.25) is 4.90 Å². The van der Waals surface area contributed by atoms with E-state index in [-0.39, 0.29) is 0 Å². The zero-order valence-electron chi connectivity index (χ0n) is 12.1. The minimum absolute atomic E-state index is 0.395. The quantitative estimate of drug-likeness (QED) is 0.828. The first-order valence-corrected chi connectivity index (χ1v) is 8.27. The number of hydrogen-bond donors (Lipinski definition) is 1. The van der Waals surface area contributed by atoms with E-state index < -0.39 is 0 Å². The van der Waals surface area contributed by atoms with Gasteiger partial charge >= 0.3 is 0 Å². The molecule has 0 spiro atoms. The maximum Gasteiger partial charge on any atom is 0.0594 e. The molecule has 1 N–H and O–H groups in total. The van der Waals surface area contributed by atoms with E-state index in [0.717, 1.165) is 56.4 Å². The molecule has 3 aliphatic rings. The van der Waals surface area contributed by atoms with E-state index >= 15 is 0 Å². The minimum atomic E-state index is 0.395. The Bertz CT molecular complexity index is 276. The molecule has 3 rings (SSSR count). The van der Waals surface area contributed by atoms with Gasteiger partial charge in [-0.1, -0.05) is 0 Å². The van der Waals surface area contributed by atoms with E-state index in [1.54, 1.807) is 0 Å². The first kappa shape index (κ1) is 13.8. The van der Waals surface area contributed by atoms with Crippen LogP contribution in [0.4, 0.5) is 0 Å². The number of aliphatic hydroxyl groups is 1. The molecule has 3 nitrogen and oxygen atoms in total. The van der Waals surface area contributed by atoms with Gasteiger partial charge in [-0.2, -0.15) is 0 Å². The summed E-state index contributed by atoms with van der Waals surface area (Å²) in [5, 5.41) is 9.17. The number of hydrogen-bond acceptors (Lipinski definition) is 3. The van der Waals surface area contributed by atoms with Crippen LogP contribution in [0, 0.1) is 23.7 Å². The van der Waals surface area contributed by atoms with Gasteiger partial charge in [-0.25, -0.2) is 0 Å². The van der Waals surface area contributed by atoms with Gasteiger partial charge in [0.05, 0.1) is 13.2 Å². The highest BCUT2D eigenvalue weighted by atomic mass is 16.5. The maximum absolute atomic E-state index is 9.17. The van der Waals surface area contributed by atoms with Crippen molar-refractivity contribution in [3.05, 3.63) is 0 Å². The average molecular weight is 267 g/mol. The Morgan fingerprint density at radius 3 is 2.68 bits per heavy atom. The third-order valence-corrected chi connectivity index (χ3v) is 5.82. The topological polar surface area (TPSA) is 32.7 Å². The van der Waals surface area contributed by atoms with Gasteiger partial charge in [-0.05, 0) is 68.7 Å². The second-order valence-electron chi connectivity index (χ2n) is 6.85. The lowest BCUT2D eigenvalue weighted by Gasteiger charge is -2.27. The van der Waals surface area contributed by atoms with Crippen LogP contribution in [0.5, 0.6) is 0 Å². The van der Waals surface area contributed by atoms with Gasteiger partial charge in [0, 0.05) is 19.7 Å². The molecule has 2 aliphatic carbocycles. The Labute approximate surface area is 117 Å². The summed E-state index contributed by atoms with van der Waals surface area (Å²) in [5.74, 6) is 3.73. The summed E-state index contributed by atoms with van der Waals surface area (Å²) < 4.78 is 5.41. The molecule has 1 aliphatic heterocycles. The molecular weight excluding hydrogens is 238 g/mol. The molecule has 0 radical (unpaired) electrons. The van der Waals surface area contributed by atoms with Crippen LogP contribution in [-0.2, 0) is 4.74 Å². The molecule has 3 fully saturated rings. The normalized spacial score (nSPS) is 39.6. The highest BCUT2D eigenvalue weighted by molar-refractivity contribution is 4.92. The van der Waals surface area contributed by atoms with Crippen molar-refractivity contribution >= 4 is 0 Å². The Hall–Kier alpha value is -0.120. The molecule has 19 heavy (non-hydrogen) atoms. The monoisotopic (exact) mass is 267 g/mol. The van der Waals surface area contributed by atoms with E-state index in [4.69, 9.17) is 9.84 Å². The zero-order valence-corrected chi connectivity index (χ0v) is 12.1. The summed E-state index contributed by atoms with van der Waals surface area (Å²) in [6, 6.07) is 0. The molecule has 0 aromatic rings. The predicted molar refractivity (Wildman–Crippen MR) is 76.0 cm³/mol. The molecule has 4 unspecified atom stereocenters. The van der Waals surface area contributed by atoms with Gasteiger partial charge in [0.25, 0.3) is 0 Å². The first-order valence-electron chi connectivity index (χ1n) is 8.27. The fourth-order valence-corrected chi connectivity index (χ4v) is 4.78. The average Bonchev–Trinajstić information content (AvgIpc) is 3.00. The van der Waals surface area contributed by atoms with Crippen LogP contribution in [0.25, 0.3) is 0 Å². The number of rotatable bonds is 5. The third kappa shape index (κ3) is 3.32. The second kappa shape index (κ2) is 6.55. The van der Waals surface area contributed by atoms with Gasteiger partial charge in [0.1, 0.15) is 0 Å². The number of nitrogens with zero attached hydrogens (tertiary/aromatic N) is 1. The van der Waals surface area contributed by atoms with Crippen molar-refractivity contribution in [3.8, 4) is 0 Å².